The van der Waals surface area contributed by atoms with E-state index in [1.54, 1.807) is 14.0 Å². The number of carbonyl (C=O) groups is 1. The second-order valence-corrected chi connectivity index (χ2v) is 5.26. The SMILES string of the molecule is COc1ccc(CNC(=O)[C@@H](C)On2nnc3ccccc32)cc1. The summed E-state index contributed by atoms with van der Waals surface area (Å²) in [7, 11) is 1.61. The first kappa shape index (κ1) is 15.8. The zero-order valence-corrected chi connectivity index (χ0v) is 13.5. The quantitative estimate of drug-likeness (QED) is 0.744. The van der Waals surface area contributed by atoms with Crippen LogP contribution in [-0.4, -0.2) is 34.3 Å². The summed E-state index contributed by atoms with van der Waals surface area (Å²) in [5, 5.41) is 10.7. The predicted molar refractivity (Wildman–Crippen MR) is 88.4 cm³/mol. The van der Waals surface area contributed by atoms with Gasteiger partial charge in [0.2, 0.25) is 6.10 Å². The number of methoxy groups -OCH3 is 1. The van der Waals surface area contributed by atoms with Gasteiger partial charge in [0, 0.05) is 6.54 Å². The van der Waals surface area contributed by atoms with Crippen LogP contribution in [0.5, 0.6) is 5.75 Å². The van der Waals surface area contributed by atoms with Crippen LogP contribution in [0.3, 0.4) is 0 Å². The molecule has 1 N–H and O–H groups in total. The molecule has 0 aliphatic heterocycles. The van der Waals surface area contributed by atoms with Gasteiger partial charge >= 0.3 is 0 Å². The van der Waals surface area contributed by atoms with Gasteiger partial charge < -0.3 is 14.9 Å². The summed E-state index contributed by atoms with van der Waals surface area (Å²) < 4.78 is 5.10. The number of fused-ring (bicyclic) bond motifs is 1. The zero-order chi connectivity index (χ0) is 16.9. The lowest BCUT2D eigenvalue weighted by atomic mass is 10.2. The topological polar surface area (TPSA) is 78.3 Å². The van der Waals surface area contributed by atoms with Crippen molar-refractivity contribution in [2.75, 3.05) is 7.11 Å². The minimum atomic E-state index is -0.701. The van der Waals surface area contributed by atoms with Crippen molar-refractivity contribution in [1.29, 1.82) is 0 Å². The van der Waals surface area contributed by atoms with Gasteiger partial charge in [0.25, 0.3) is 5.91 Å². The number of aromatic nitrogens is 3. The van der Waals surface area contributed by atoms with Crippen molar-refractivity contribution in [2.24, 2.45) is 0 Å². The molecule has 1 heterocycles. The van der Waals surface area contributed by atoms with Gasteiger partial charge in [-0.3, -0.25) is 4.79 Å². The number of hydrogen-bond acceptors (Lipinski definition) is 5. The van der Waals surface area contributed by atoms with Crippen LogP contribution in [0.2, 0.25) is 0 Å². The number of para-hydroxylation sites is 1. The first-order valence-corrected chi connectivity index (χ1v) is 7.55. The third kappa shape index (κ3) is 3.45. The molecule has 7 heteroatoms. The van der Waals surface area contributed by atoms with E-state index in [1.165, 1.54) is 4.85 Å². The fraction of sp³-hybridized carbons (Fsp3) is 0.235. The lowest BCUT2D eigenvalue weighted by Crippen LogP contribution is -2.39. The summed E-state index contributed by atoms with van der Waals surface area (Å²) in [4.78, 5) is 19.0. The Bertz CT molecular complexity index is 829. The second kappa shape index (κ2) is 6.99. The minimum absolute atomic E-state index is 0.231. The van der Waals surface area contributed by atoms with Crippen LogP contribution >= 0.6 is 0 Å². The maximum atomic E-state index is 12.2. The number of carbonyl (C=O) groups excluding carboxylic acids is 1. The van der Waals surface area contributed by atoms with Crippen molar-refractivity contribution in [3.63, 3.8) is 0 Å². The van der Waals surface area contributed by atoms with E-state index in [1.807, 2.05) is 48.5 Å². The second-order valence-electron chi connectivity index (χ2n) is 5.26. The Morgan fingerprint density at radius 2 is 1.96 bits per heavy atom. The molecule has 0 spiro atoms. The molecule has 2 aromatic carbocycles. The van der Waals surface area contributed by atoms with E-state index >= 15 is 0 Å². The van der Waals surface area contributed by atoms with E-state index in [9.17, 15) is 4.79 Å². The molecule has 1 amide bonds. The molecular weight excluding hydrogens is 308 g/mol. The highest BCUT2D eigenvalue weighted by molar-refractivity contribution is 5.80. The van der Waals surface area contributed by atoms with Crippen molar-refractivity contribution < 1.29 is 14.4 Å². The molecule has 24 heavy (non-hydrogen) atoms. The van der Waals surface area contributed by atoms with Crippen LogP contribution in [0.15, 0.2) is 48.5 Å². The van der Waals surface area contributed by atoms with Crippen molar-refractivity contribution >= 4 is 16.9 Å². The number of amides is 1. The van der Waals surface area contributed by atoms with Crippen molar-refractivity contribution in [2.45, 2.75) is 19.6 Å². The first-order chi connectivity index (χ1) is 11.7. The standard InChI is InChI=1S/C17H18N4O3/c1-12(24-21-16-6-4-3-5-15(16)19-20-21)17(22)18-11-13-7-9-14(23-2)10-8-13/h3-10,12H,11H2,1-2H3,(H,18,22)/t12-/m1/s1. The molecule has 1 atom stereocenters. The van der Waals surface area contributed by atoms with E-state index in [2.05, 4.69) is 15.6 Å². The van der Waals surface area contributed by atoms with E-state index in [0.29, 0.717) is 17.6 Å². The predicted octanol–water partition coefficient (Wildman–Crippen LogP) is 1.57. The van der Waals surface area contributed by atoms with Crippen LogP contribution in [0.1, 0.15) is 12.5 Å². The van der Waals surface area contributed by atoms with Crippen molar-refractivity contribution in [1.82, 2.24) is 20.5 Å². The molecule has 0 saturated heterocycles. The summed E-state index contributed by atoms with van der Waals surface area (Å²) in [6.07, 6.45) is -0.701. The van der Waals surface area contributed by atoms with Crippen LogP contribution in [0.25, 0.3) is 11.0 Å². The normalized spacial score (nSPS) is 11.9. The average Bonchev–Trinajstić information content (AvgIpc) is 3.03. The molecule has 3 aromatic rings. The molecule has 7 nitrogen and oxygen atoms in total. The third-order valence-corrected chi connectivity index (χ3v) is 3.57. The molecule has 124 valence electrons. The van der Waals surface area contributed by atoms with Crippen molar-refractivity contribution in [3.8, 4) is 5.75 Å². The Labute approximate surface area is 139 Å². The maximum Gasteiger partial charge on any atom is 0.263 e. The number of ether oxygens (including phenoxy) is 1. The van der Waals surface area contributed by atoms with Gasteiger partial charge in [-0.1, -0.05) is 29.1 Å². The molecule has 0 radical (unpaired) electrons. The Morgan fingerprint density at radius 3 is 2.71 bits per heavy atom. The lowest BCUT2D eigenvalue weighted by molar-refractivity contribution is -0.133. The number of nitrogens with zero attached hydrogens (tertiary/aromatic N) is 3. The Morgan fingerprint density at radius 1 is 1.21 bits per heavy atom. The lowest BCUT2D eigenvalue weighted by Gasteiger charge is -2.14. The zero-order valence-electron chi connectivity index (χ0n) is 13.5. The molecule has 0 unspecified atom stereocenters. The molecule has 0 fully saturated rings. The smallest absolute Gasteiger partial charge is 0.263 e. The number of rotatable bonds is 6. The highest BCUT2D eigenvalue weighted by Crippen LogP contribution is 2.11. The maximum absolute atomic E-state index is 12.2. The molecule has 0 aliphatic carbocycles. The summed E-state index contributed by atoms with van der Waals surface area (Å²) >= 11 is 0. The minimum Gasteiger partial charge on any atom is -0.497 e. The van der Waals surface area contributed by atoms with Crippen LogP contribution in [-0.2, 0) is 11.3 Å². The summed E-state index contributed by atoms with van der Waals surface area (Å²) in [5.41, 5.74) is 2.40. The van der Waals surface area contributed by atoms with Gasteiger partial charge in [-0.2, -0.15) is 0 Å². The first-order valence-electron chi connectivity index (χ1n) is 7.55. The highest BCUT2D eigenvalue weighted by atomic mass is 16.7. The highest BCUT2D eigenvalue weighted by Gasteiger charge is 2.16. The van der Waals surface area contributed by atoms with Gasteiger partial charge in [0.05, 0.1) is 7.11 Å². The van der Waals surface area contributed by atoms with E-state index < -0.39 is 6.10 Å². The Balaban J connectivity index is 1.58. The van der Waals surface area contributed by atoms with E-state index in [4.69, 9.17) is 9.57 Å². The van der Waals surface area contributed by atoms with Gasteiger partial charge in [-0.05, 0) is 42.0 Å². The van der Waals surface area contributed by atoms with Gasteiger partial charge in [-0.25, -0.2) is 0 Å². The Hall–Kier alpha value is -3.09. The summed E-state index contributed by atoms with van der Waals surface area (Å²) in [6, 6.07) is 14.9. The molecular formula is C17H18N4O3. The molecule has 1 aromatic heterocycles. The number of nitrogens with one attached hydrogen (secondary N) is 1. The van der Waals surface area contributed by atoms with E-state index in [-0.39, 0.29) is 5.91 Å². The number of benzene rings is 2. The third-order valence-electron chi connectivity index (χ3n) is 3.57. The monoisotopic (exact) mass is 326 g/mol. The molecule has 0 saturated carbocycles. The van der Waals surface area contributed by atoms with Crippen LogP contribution in [0, 0.1) is 0 Å². The average molecular weight is 326 g/mol. The summed E-state index contributed by atoms with van der Waals surface area (Å²) in [6.45, 7) is 2.08. The van der Waals surface area contributed by atoms with E-state index in [0.717, 1.165) is 11.3 Å². The largest absolute Gasteiger partial charge is 0.497 e. The Kier molecular flexibility index (Phi) is 4.60. The van der Waals surface area contributed by atoms with Gasteiger partial charge in [-0.15, -0.1) is 5.10 Å². The van der Waals surface area contributed by atoms with Crippen LogP contribution in [0.4, 0.5) is 0 Å². The fourth-order valence-corrected chi connectivity index (χ4v) is 2.20. The van der Waals surface area contributed by atoms with Crippen molar-refractivity contribution in [3.05, 3.63) is 54.1 Å². The molecule has 3 rings (SSSR count). The fourth-order valence-electron chi connectivity index (χ4n) is 2.20. The number of hydrogen-bond donors (Lipinski definition) is 1. The molecule has 0 bridgehead atoms. The molecule has 0 aliphatic rings. The van der Waals surface area contributed by atoms with Gasteiger partial charge in [0.15, 0.2) is 0 Å². The van der Waals surface area contributed by atoms with Crippen LogP contribution < -0.4 is 14.9 Å². The van der Waals surface area contributed by atoms with Gasteiger partial charge in [0.1, 0.15) is 16.8 Å². The summed E-state index contributed by atoms with van der Waals surface area (Å²) in [5.74, 6) is 0.547.